The lowest BCUT2D eigenvalue weighted by atomic mass is 9.86. The number of hydrogen-bond acceptors (Lipinski definition) is 2. The number of hydrogen-bond donors (Lipinski definition) is 1. The molecule has 1 saturated carbocycles. The maximum Gasteiger partial charge on any atom is 0.317 e. The number of carboxylic acid groups (broad SMARTS) is 1. The molecule has 0 aromatic rings. The average Bonchev–Trinajstić information content (AvgIpc) is 2.13. The molecule has 88 valence electrons. The molecule has 3 heteroatoms. The smallest absolute Gasteiger partial charge is 0.317 e. The second-order valence-electron chi connectivity index (χ2n) is 5.09. The monoisotopic (exact) mass is 213 g/mol. The van der Waals surface area contributed by atoms with Gasteiger partial charge < -0.3 is 5.11 Å². The number of rotatable bonds is 4. The van der Waals surface area contributed by atoms with Gasteiger partial charge in [0.1, 0.15) is 0 Å². The van der Waals surface area contributed by atoms with Gasteiger partial charge in [-0.15, -0.1) is 0 Å². The molecule has 0 heterocycles. The zero-order valence-electron chi connectivity index (χ0n) is 10.1. The van der Waals surface area contributed by atoms with Gasteiger partial charge in [-0.2, -0.15) is 0 Å². The van der Waals surface area contributed by atoms with Crippen molar-refractivity contribution in [2.24, 2.45) is 5.92 Å². The Labute approximate surface area is 92.5 Å². The SMILES string of the molecule is CC1CCCC(N(CC(=O)O)C(C)C)C1. The Morgan fingerprint density at radius 2 is 2.13 bits per heavy atom. The molecule has 0 saturated heterocycles. The van der Waals surface area contributed by atoms with Crippen molar-refractivity contribution >= 4 is 5.97 Å². The van der Waals surface area contributed by atoms with Gasteiger partial charge in [0.15, 0.2) is 0 Å². The number of carboxylic acids is 1. The Morgan fingerprint density at radius 3 is 2.60 bits per heavy atom. The minimum absolute atomic E-state index is 0.190. The van der Waals surface area contributed by atoms with Crippen molar-refractivity contribution in [2.45, 2.75) is 58.5 Å². The third kappa shape index (κ3) is 3.82. The van der Waals surface area contributed by atoms with Crippen LogP contribution in [0.5, 0.6) is 0 Å². The third-order valence-electron chi connectivity index (χ3n) is 3.36. The van der Waals surface area contributed by atoms with Crippen LogP contribution in [-0.4, -0.2) is 34.6 Å². The lowest BCUT2D eigenvalue weighted by Gasteiger charge is -2.38. The molecule has 1 rings (SSSR count). The van der Waals surface area contributed by atoms with Crippen molar-refractivity contribution in [3.63, 3.8) is 0 Å². The van der Waals surface area contributed by atoms with Crippen molar-refractivity contribution in [1.82, 2.24) is 4.90 Å². The maximum atomic E-state index is 10.8. The van der Waals surface area contributed by atoms with Crippen LogP contribution in [0, 0.1) is 5.92 Å². The van der Waals surface area contributed by atoms with Gasteiger partial charge in [0.25, 0.3) is 0 Å². The molecule has 3 nitrogen and oxygen atoms in total. The Morgan fingerprint density at radius 1 is 1.47 bits per heavy atom. The summed E-state index contributed by atoms with van der Waals surface area (Å²) in [4.78, 5) is 12.9. The average molecular weight is 213 g/mol. The van der Waals surface area contributed by atoms with Crippen LogP contribution in [0.4, 0.5) is 0 Å². The highest BCUT2D eigenvalue weighted by atomic mass is 16.4. The largest absolute Gasteiger partial charge is 0.480 e. The van der Waals surface area contributed by atoms with Crippen LogP contribution in [0.15, 0.2) is 0 Å². The summed E-state index contributed by atoms with van der Waals surface area (Å²) in [5, 5.41) is 8.89. The molecule has 0 amide bonds. The first kappa shape index (κ1) is 12.5. The first-order valence-electron chi connectivity index (χ1n) is 5.98. The van der Waals surface area contributed by atoms with E-state index in [9.17, 15) is 4.79 Å². The van der Waals surface area contributed by atoms with Crippen LogP contribution in [0.25, 0.3) is 0 Å². The molecular weight excluding hydrogens is 190 g/mol. The highest BCUT2D eigenvalue weighted by Gasteiger charge is 2.27. The Bertz CT molecular complexity index is 216. The fourth-order valence-corrected chi connectivity index (χ4v) is 2.59. The molecular formula is C12H23NO2. The quantitative estimate of drug-likeness (QED) is 0.779. The van der Waals surface area contributed by atoms with E-state index in [0.29, 0.717) is 12.1 Å². The van der Waals surface area contributed by atoms with Crippen molar-refractivity contribution in [3.8, 4) is 0 Å². The summed E-state index contributed by atoms with van der Waals surface area (Å²) in [5.41, 5.74) is 0. The summed E-state index contributed by atoms with van der Waals surface area (Å²) in [6.07, 6.45) is 4.87. The fraction of sp³-hybridized carbons (Fsp3) is 0.917. The lowest BCUT2D eigenvalue weighted by Crippen LogP contribution is -2.45. The van der Waals surface area contributed by atoms with E-state index < -0.39 is 5.97 Å². The van der Waals surface area contributed by atoms with Gasteiger partial charge in [0, 0.05) is 12.1 Å². The minimum atomic E-state index is -0.707. The van der Waals surface area contributed by atoms with Crippen LogP contribution in [-0.2, 0) is 4.79 Å². The summed E-state index contributed by atoms with van der Waals surface area (Å²) in [6, 6.07) is 0.807. The molecule has 0 aromatic heterocycles. The highest BCUT2D eigenvalue weighted by molar-refractivity contribution is 5.69. The first-order valence-corrected chi connectivity index (χ1v) is 5.98. The molecule has 0 aliphatic heterocycles. The molecule has 0 bridgehead atoms. The number of nitrogens with zero attached hydrogens (tertiary/aromatic N) is 1. The first-order chi connectivity index (χ1) is 7.00. The van der Waals surface area contributed by atoms with Gasteiger partial charge in [-0.1, -0.05) is 19.8 Å². The second-order valence-corrected chi connectivity index (χ2v) is 5.09. The summed E-state index contributed by atoms with van der Waals surface area (Å²) < 4.78 is 0. The standard InChI is InChI=1S/C12H23NO2/c1-9(2)13(8-12(14)15)11-6-4-5-10(3)7-11/h9-11H,4-8H2,1-3H3,(H,14,15). The molecule has 0 radical (unpaired) electrons. The Kier molecular flexibility index (Phi) is 4.58. The van der Waals surface area contributed by atoms with Gasteiger partial charge >= 0.3 is 5.97 Å². The summed E-state index contributed by atoms with van der Waals surface area (Å²) in [6.45, 7) is 6.63. The summed E-state index contributed by atoms with van der Waals surface area (Å²) >= 11 is 0. The van der Waals surface area contributed by atoms with E-state index in [2.05, 4.69) is 25.7 Å². The normalized spacial score (nSPS) is 27.3. The van der Waals surface area contributed by atoms with E-state index in [0.717, 1.165) is 18.8 Å². The van der Waals surface area contributed by atoms with E-state index >= 15 is 0 Å². The van der Waals surface area contributed by atoms with E-state index in [-0.39, 0.29) is 6.54 Å². The molecule has 1 aliphatic carbocycles. The van der Waals surface area contributed by atoms with Crippen molar-refractivity contribution in [2.75, 3.05) is 6.54 Å². The van der Waals surface area contributed by atoms with Crippen LogP contribution >= 0.6 is 0 Å². The molecule has 0 spiro atoms. The van der Waals surface area contributed by atoms with Crippen LogP contribution in [0.2, 0.25) is 0 Å². The van der Waals surface area contributed by atoms with Crippen molar-refractivity contribution < 1.29 is 9.90 Å². The predicted molar refractivity (Wildman–Crippen MR) is 60.9 cm³/mol. The summed E-state index contributed by atoms with van der Waals surface area (Å²) in [5.74, 6) is 0.0423. The van der Waals surface area contributed by atoms with Crippen LogP contribution in [0.1, 0.15) is 46.5 Å². The van der Waals surface area contributed by atoms with E-state index in [4.69, 9.17) is 5.11 Å². The zero-order chi connectivity index (χ0) is 11.4. The third-order valence-corrected chi connectivity index (χ3v) is 3.36. The molecule has 1 N–H and O–H groups in total. The summed E-state index contributed by atoms with van der Waals surface area (Å²) in [7, 11) is 0. The zero-order valence-corrected chi connectivity index (χ0v) is 10.1. The second kappa shape index (κ2) is 5.50. The van der Waals surface area contributed by atoms with Gasteiger partial charge in [-0.3, -0.25) is 9.69 Å². The number of aliphatic carboxylic acids is 1. The topological polar surface area (TPSA) is 40.5 Å². The van der Waals surface area contributed by atoms with Crippen LogP contribution < -0.4 is 0 Å². The van der Waals surface area contributed by atoms with Gasteiger partial charge in [0.05, 0.1) is 6.54 Å². The fourth-order valence-electron chi connectivity index (χ4n) is 2.59. The van der Waals surface area contributed by atoms with E-state index in [1.165, 1.54) is 12.8 Å². The molecule has 1 fully saturated rings. The van der Waals surface area contributed by atoms with Crippen molar-refractivity contribution in [1.29, 1.82) is 0 Å². The highest BCUT2D eigenvalue weighted by Crippen LogP contribution is 2.28. The predicted octanol–water partition coefficient (Wildman–Crippen LogP) is 2.36. The Hall–Kier alpha value is -0.570. The van der Waals surface area contributed by atoms with Crippen LogP contribution in [0.3, 0.4) is 0 Å². The molecule has 15 heavy (non-hydrogen) atoms. The van der Waals surface area contributed by atoms with Gasteiger partial charge in [-0.25, -0.2) is 0 Å². The van der Waals surface area contributed by atoms with E-state index in [1.54, 1.807) is 0 Å². The molecule has 2 unspecified atom stereocenters. The van der Waals surface area contributed by atoms with Gasteiger partial charge in [-0.05, 0) is 32.6 Å². The van der Waals surface area contributed by atoms with Crippen molar-refractivity contribution in [3.05, 3.63) is 0 Å². The lowest BCUT2D eigenvalue weighted by molar-refractivity contribution is -0.139. The Balaban J connectivity index is 2.57. The number of carbonyl (C=O) groups is 1. The molecule has 2 atom stereocenters. The molecule has 0 aromatic carbocycles. The van der Waals surface area contributed by atoms with E-state index in [1.807, 2.05) is 0 Å². The van der Waals surface area contributed by atoms with Gasteiger partial charge in [0.2, 0.25) is 0 Å². The minimum Gasteiger partial charge on any atom is -0.480 e. The maximum absolute atomic E-state index is 10.8. The molecule has 1 aliphatic rings.